The lowest BCUT2D eigenvalue weighted by atomic mass is 9.96. The van der Waals surface area contributed by atoms with E-state index in [9.17, 15) is 8.42 Å². The molecule has 1 aliphatic heterocycles. The van der Waals surface area contributed by atoms with Crippen LogP contribution >= 0.6 is 15.9 Å². The molecule has 0 spiro atoms. The molecule has 1 aliphatic rings. The fourth-order valence-corrected chi connectivity index (χ4v) is 5.10. The van der Waals surface area contributed by atoms with Gasteiger partial charge in [0.2, 0.25) is 0 Å². The molecule has 8 heteroatoms. The molecule has 1 N–H and O–H groups in total. The molecule has 1 aromatic heterocycles. The van der Waals surface area contributed by atoms with Gasteiger partial charge in [0.15, 0.2) is 9.84 Å². The van der Waals surface area contributed by atoms with E-state index in [2.05, 4.69) is 26.3 Å². The summed E-state index contributed by atoms with van der Waals surface area (Å²) in [5.41, 5.74) is 0.992. The molecule has 0 amide bonds. The highest BCUT2D eigenvalue weighted by Crippen LogP contribution is 2.34. The summed E-state index contributed by atoms with van der Waals surface area (Å²) in [6.45, 7) is 1.22. The predicted octanol–water partition coefficient (Wildman–Crippen LogP) is 0.987. The van der Waals surface area contributed by atoms with Crippen molar-refractivity contribution in [2.24, 2.45) is 5.92 Å². The molecule has 2 rings (SSSR count). The summed E-state index contributed by atoms with van der Waals surface area (Å²) in [5, 5.41) is 7.58. The van der Waals surface area contributed by atoms with Crippen molar-refractivity contribution in [3.63, 3.8) is 0 Å². The van der Waals surface area contributed by atoms with Gasteiger partial charge in [-0.2, -0.15) is 5.10 Å². The monoisotopic (exact) mass is 365 g/mol. The zero-order valence-corrected chi connectivity index (χ0v) is 14.1. The van der Waals surface area contributed by atoms with E-state index < -0.39 is 9.84 Å². The molecule has 0 radical (unpaired) electrons. The molecule has 0 aliphatic carbocycles. The van der Waals surface area contributed by atoms with Crippen molar-refractivity contribution in [1.29, 1.82) is 0 Å². The van der Waals surface area contributed by atoms with Crippen molar-refractivity contribution in [3.8, 4) is 0 Å². The molecule has 2 atom stereocenters. The van der Waals surface area contributed by atoms with E-state index in [0.717, 1.165) is 10.2 Å². The Kier molecular flexibility index (Phi) is 5.22. The smallest absolute Gasteiger partial charge is 0.150 e. The first-order valence-corrected chi connectivity index (χ1v) is 9.17. The number of halogens is 1. The van der Waals surface area contributed by atoms with Crippen LogP contribution in [0.25, 0.3) is 0 Å². The third-order valence-corrected chi connectivity index (χ3v) is 6.09. The fraction of sp³-hybridized carbons (Fsp3) is 0.750. The second-order valence-corrected chi connectivity index (χ2v) is 8.11. The van der Waals surface area contributed by atoms with Crippen LogP contribution < -0.4 is 5.32 Å². The number of nitrogens with zero attached hydrogens (tertiary/aromatic N) is 2. The van der Waals surface area contributed by atoms with Crippen molar-refractivity contribution in [2.45, 2.75) is 19.0 Å². The maximum absolute atomic E-state index is 11.7. The lowest BCUT2D eigenvalue weighted by Gasteiger charge is -2.23. The van der Waals surface area contributed by atoms with E-state index in [-0.39, 0.29) is 23.5 Å². The molecule has 0 bridgehead atoms. The Morgan fingerprint density at radius 3 is 2.95 bits per heavy atom. The molecule has 1 aromatic rings. The van der Waals surface area contributed by atoms with Crippen LogP contribution in [0, 0.1) is 5.92 Å². The fourth-order valence-electron chi connectivity index (χ4n) is 2.72. The molecule has 2 unspecified atom stereocenters. The zero-order chi connectivity index (χ0) is 14.8. The minimum Gasteiger partial charge on any atom is -0.383 e. The maximum Gasteiger partial charge on any atom is 0.150 e. The summed E-state index contributed by atoms with van der Waals surface area (Å²) < 4.78 is 31.2. The second kappa shape index (κ2) is 6.55. The molecular weight excluding hydrogens is 346 g/mol. The number of hydrogen-bond donors (Lipinski definition) is 1. The van der Waals surface area contributed by atoms with Crippen molar-refractivity contribution in [2.75, 3.05) is 32.3 Å². The van der Waals surface area contributed by atoms with Gasteiger partial charge in [-0.15, -0.1) is 0 Å². The summed E-state index contributed by atoms with van der Waals surface area (Å²) >= 11 is 3.51. The van der Waals surface area contributed by atoms with Gasteiger partial charge in [-0.1, -0.05) is 0 Å². The average Bonchev–Trinajstić information content (AvgIpc) is 2.93. The number of aromatic nitrogens is 2. The quantitative estimate of drug-likeness (QED) is 0.813. The van der Waals surface area contributed by atoms with Crippen molar-refractivity contribution in [3.05, 3.63) is 16.4 Å². The minimum absolute atomic E-state index is 0.0268. The lowest BCUT2D eigenvalue weighted by molar-refractivity contribution is 0.181. The number of nitrogens with one attached hydrogen (secondary N) is 1. The van der Waals surface area contributed by atoms with Gasteiger partial charge in [0.1, 0.15) is 0 Å². The number of methoxy groups -OCH3 is 1. The summed E-state index contributed by atoms with van der Waals surface area (Å²) in [7, 11) is 0.613. The van der Waals surface area contributed by atoms with Crippen LogP contribution in [0.1, 0.15) is 18.2 Å². The summed E-state index contributed by atoms with van der Waals surface area (Å²) in [6.07, 6.45) is 2.44. The molecule has 114 valence electrons. The van der Waals surface area contributed by atoms with E-state index in [1.165, 1.54) is 0 Å². The number of rotatable bonds is 6. The Morgan fingerprint density at radius 1 is 1.65 bits per heavy atom. The molecule has 1 fully saturated rings. The number of sulfone groups is 1. The van der Waals surface area contributed by atoms with Crippen LogP contribution in [0.4, 0.5) is 0 Å². The Morgan fingerprint density at radius 2 is 2.40 bits per heavy atom. The number of hydrogen-bond acceptors (Lipinski definition) is 5. The second-order valence-electron chi connectivity index (χ2n) is 5.02. The molecule has 1 saturated heterocycles. The maximum atomic E-state index is 11.7. The van der Waals surface area contributed by atoms with E-state index in [4.69, 9.17) is 4.74 Å². The van der Waals surface area contributed by atoms with Gasteiger partial charge < -0.3 is 10.1 Å². The van der Waals surface area contributed by atoms with Crippen LogP contribution in [-0.4, -0.2) is 50.5 Å². The summed E-state index contributed by atoms with van der Waals surface area (Å²) in [4.78, 5) is 0. The highest BCUT2D eigenvalue weighted by atomic mass is 79.9. The Labute approximate surface area is 127 Å². The van der Waals surface area contributed by atoms with Gasteiger partial charge in [-0.3, -0.25) is 4.68 Å². The third kappa shape index (κ3) is 3.41. The molecular formula is C12H20BrN3O3S. The van der Waals surface area contributed by atoms with Crippen molar-refractivity contribution >= 4 is 25.8 Å². The van der Waals surface area contributed by atoms with E-state index in [0.29, 0.717) is 19.6 Å². The average molecular weight is 366 g/mol. The summed E-state index contributed by atoms with van der Waals surface area (Å²) in [6, 6.07) is -0.0268. The van der Waals surface area contributed by atoms with E-state index in [1.54, 1.807) is 13.3 Å². The molecule has 0 saturated carbocycles. The van der Waals surface area contributed by atoms with E-state index in [1.807, 2.05) is 11.7 Å². The lowest BCUT2D eigenvalue weighted by Crippen LogP contribution is -2.29. The van der Waals surface area contributed by atoms with Gasteiger partial charge in [-0.05, 0) is 35.3 Å². The Bertz CT molecular complexity index is 558. The zero-order valence-electron chi connectivity index (χ0n) is 11.7. The third-order valence-electron chi connectivity index (χ3n) is 3.69. The molecule has 2 heterocycles. The van der Waals surface area contributed by atoms with E-state index >= 15 is 0 Å². The first-order chi connectivity index (χ1) is 9.48. The van der Waals surface area contributed by atoms with Gasteiger partial charge >= 0.3 is 0 Å². The van der Waals surface area contributed by atoms with Crippen LogP contribution in [0.2, 0.25) is 0 Å². The molecule has 6 nitrogen and oxygen atoms in total. The number of ether oxygens (including phenoxy) is 1. The highest BCUT2D eigenvalue weighted by molar-refractivity contribution is 9.10. The topological polar surface area (TPSA) is 73.2 Å². The van der Waals surface area contributed by atoms with Gasteiger partial charge in [-0.25, -0.2) is 8.42 Å². The van der Waals surface area contributed by atoms with Gasteiger partial charge in [0, 0.05) is 7.11 Å². The van der Waals surface area contributed by atoms with Crippen LogP contribution in [0.5, 0.6) is 0 Å². The predicted molar refractivity (Wildman–Crippen MR) is 80.4 cm³/mol. The van der Waals surface area contributed by atoms with Crippen molar-refractivity contribution in [1.82, 2.24) is 15.1 Å². The van der Waals surface area contributed by atoms with Crippen LogP contribution in [0.3, 0.4) is 0 Å². The standard InChI is InChI=1S/C12H20BrN3O3S/c1-14-11(9-3-6-20(17,18)8-9)12-10(13)7-15-16(12)4-5-19-2/h7,9,11,14H,3-6,8H2,1-2H3. The SMILES string of the molecule is CNC(c1c(Br)cnn1CCOC)C1CCS(=O)(=O)C1. The van der Waals surface area contributed by atoms with Crippen molar-refractivity contribution < 1.29 is 13.2 Å². The first-order valence-electron chi connectivity index (χ1n) is 6.56. The largest absolute Gasteiger partial charge is 0.383 e. The molecule has 0 aromatic carbocycles. The summed E-state index contributed by atoms with van der Waals surface area (Å²) in [5.74, 6) is 0.597. The highest BCUT2D eigenvalue weighted by Gasteiger charge is 2.36. The Hall–Kier alpha value is -0.440. The van der Waals surface area contributed by atoms with Gasteiger partial charge in [0.25, 0.3) is 0 Å². The van der Waals surface area contributed by atoms with Gasteiger partial charge in [0.05, 0.1) is 47.1 Å². The molecule has 20 heavy (non-hydrogen) atoms. The minimum atomic E-state index is -2.89. The first kappa shape index (κ1) is 15.9. The Balaban J connectivity index is 2.25. The van der Waals surface area contributed by atoms with Crippen LogP contribution in [0.15, 0.2) is 10.7 Å². The normalized spacial score (nSPS) is 23.1. The van der Waals surface area contributed by atoms with Crippen LogP contribution in [-0.2, 0) is 21.1 Å².